The van der Waals surface area contributed by atoms with Gasteiger partial charge < -0.3 is 10.1 Å². The van der Waals surface area contributed by atoms with E-state index in [4.69, 9.17) is 0 Å². The molecule has 0 aromatic heterocycles. The predicted molar refractivity (Wildman–Crippen MR) is 75.9 cm³/mol. The zero-order valence-electron chi connectivity index (χ0n) is 11.2. The summed E-state index contributed by atoms with van der Waals surface area (Å²) in [5.74, 6) is -0.582. The van der Waals surface area contributed by atoms with Gasteiger partial charge in [-0.3, -0.25) is 4.79 Å². The average Bonchev–Trinajstić information content (AvgIpc) is 2.47. The first-order chi connectivity index (χ1) is 9.70. The molecule has 0 aliphatic heterocycles. The third-order valence-electron chi connectivity index (χ3n) is 3.02. The topological polar surface area (TPSA) is 38.3 Å². The van der Waals surface area contributed by atoms with Crippen LogP contribution in [0.4, 0.5) is 10.1 Å². The average molecular weight is 273 g/mol. The number of carbonyl (C=O) groups excluding carboxylic acids is 1. The second-order valence-electron chi connectivity index (χ2n) is 4.36. The zero-order chi connectivity index (χ0) is 14.4. The fraction of sp³-hybridized carbons (Fsp3) is 0.188. The standard InChI is InChI=1S/C16H16FNO2/c1-20-16(19)10-12-6-2-3-7-13(12)11-18-15-9-5-4-8-14(15)17/h2-9,18H,10-11H2,1H3. The first-order valence-electron chi connectivity index (χ1n) is 6.32. The number of hydrogen-bond acceptors (Lipinski definition) is 3. The number of nitrogens with one attached hydrogen (secondary N) is 1. The van der Waals surface area contributed by atoms with Gasteiger partial charge in [-0.2, -0.15) is 0 Å². The largest absolute Gasteiger partial charge is 0.469 e. The Hall–Kier alpha value is -2.36. The van der Waals surface area contributed by atoms with Gasteiger partial charge in [0, 0.05) is 6.54 Å². The Morgan fingerprint density at radius 3 is 2.45 bits per heavy atom. The summed E-state index contributed by atoms with van der Waals surface area (Å²) in [6.45, 7) is 0.452. The van der Waals surface area contributed by atoms with Crippen molar-refractivity contribution in [3.05, 3.63) is 65.5 Å². The van der Waals surface area contributed by atoms with Gasteiger partial charge in [0.1, 0.15) is 5.82 Å². The Balaban J connectivity index is 2.10. The molecule has 2 aromatic rings. The molecule has 0 aliphatic rings. The van der Waals surface area contributed by atoms with Crippen LogP contribution >= 0.6 is 0 Å². The molecule has 1 N–H and O–H groups in total. The molecule has 0 amide bonds. The number of benzene rings is 2. The van der Waals surface area contributed by atoms with E-state index < -0.39 is 0 Å². The van der Waals surface area contributed by atoms with Crippen LogP contribution in [0.5, 0.6) is 0 Å². The predicted octanol–water partition coefficient (Wildman–Crippen LogP) is 3.15. The van der Waals surface area contributed by atoms with Gasteiger partial charge in [-0.05, 0) is 23.3 Å². The lowest BCUT2D eigenvalue weighted by molar-refractivity contribution is -0.139. The molecule has 0 fully saturated rings. The summed E-state index contributed by atoms with van der Waals surface area (Å²) in [5, 5.41) is 3.03. The van der Waals surface area contributed by atoms with E-state index in [9.17, 15) is 9.18 Å². The van der Waals surface area contributed by atoms with E-state index in [1.165, 1.54) is 13.2 Å². The third kappa shape index (κ3) is 3.57. The van der Waals surface area contributed by atoms with Crippen molar-refractivity contribution in [1.29, 1.82) is 0 Å². The second kappa shape index (κ2) is 6.70. The molecular weight excluding hydrogens is 257 g/mol. The molecule has 0 unspecified atom stereocenters. The van der Waals surface area contributed by atoms with Crippen molar-refractivity contribution >= 4 is 11.7 Å². The van der Waals surface area contributed by atoms with Crippen molar-refractivity contribution in [3.63, 3.8) is 0 Å². The number of hydrogen-bond donors (Lipinski definition) is 1. The lowest BCUT2D eigenvalue weighted by Crippen LogP contribution is -2.09. The first-order valence-corrected chi connectivity index (χ1v) is 6.32. The Morgan fingerprint density at radius 1 is 1.10 bits per heavy atom. The third-order valence-corrected chi connectivity index (χ3v) is 3.02. The van der Waals surface area contributed by atoms with E-state index in [2.05, 4.69) is 10.1 Å². The number of rotatable bonds is 5. The summed E-state index contributed by atoms with van der Waals surface area (Å²) in [6.07, 6.45) is 0.214. The number of ether oxygens (including phenoxy) is 1. The van der Waals surface area contributed by atoms with Crippen molar-refractivity contribution < 1.29 is 13.9 Å². The van der Waals surface area contributed by atoms with Gasteiger partial charge in [0.05, 0.1) is 19.2 Å². The highest BCUT2D eigenvalue weighted by atomic mass is 19.1. The summed E-state index contributed by atoms with van der Waals surface area (Å²) in [6, 6.07) is 14.0. The summed E-state index contributed by atoms with van der Waals surface area (Å²) < 4.78 is 18.2. The quantitative estimate of drug-likeness (QED) is 0.850. The molecule has 20 heavy (non-hydrogen) atoms. The van der Waals surface area contributed by atoms with Crippen molar-refractivity contribution in [2.45, 2.75) is 13.0 Å². The highest BCUT2D eigenvalue weighted by Crippen LogP contribution is 2.16. The maximum Gasteiger partial charge on any atom is 0.309 e. The molecule has 2 rings (SSSR count). The van der Waals surface area contributed by atoms with Crippen LogP contribution in [-0.4, -0.2) is 13.1 Å². The van der Waals surface area contributed by atoms with Gasteiger partial charge in [-0.15, -0.1) is 0 Å². The van der Waals surface area contributed by atoms with Gasteiger partial charge in [0.15, 0.2) is 0 Å². The Labute approximate surface area is 117 Å². The Kier molecular flexibility index (Phi) is 4.71. The molecular formula is C16H16FNO2. The van der Waals surface area contributed by atoms with Gasteiger partial charge in [-0.1, -0.05) is 36.4 Å². The number of anilines is 1. The van der Waals surface area contributed by atoms with Crippen molar-refractivity contribution in [3.8, 4) is 0 Å². The van der Waals surface area contributed by atoms with Crippen LogP contribution in [0.2, 0.25) is 0 Å². The molecule has 0 saturated heterocycles. The maximum absolute atomic E-state index is 13.5. The van der Waals surface area contributed by atoms with Crippen LogP contribution in [0, 0.1) is 5.82 Å². The molecule has 0 atom stereocenters. The highest BCUT2D eigenvalue weighted by molar-refractivity contribution is 5.72. The fourth-order valence-electron chi connectivity index (χ4n) is 1.93. The summed E-state index contributed by atoms with van der Waals surface area (Å²) in [7, 11) is 1.36. The van der Waals surface area contributed by atoms with Gasteiger partial charge in [-0.25, -0.2) is 4.39 Å². The number of halogens is 1. The Bertz CT molecular complexity index is 599. The van der Waals surface area contributed by atoms with E-state index in [1.807, 2.05) is 24.3 Å². The molecule has 2 aromatic carbocycles. The van der Waals surface area contributed by atoms with E-state index in [-0.39, 0.29) is 18.2 Å². The minimum atomic E-state index is -0.294. The van der Waals surface area contributed by atoms with Crippen molar-refractivity contribution in [2.75, 3.05) is 12.4 Å². The van der Waals surface area contributed by atoms with E-state index >= 15 is 0 Å². The molecule has 0 heterocycles. The first kappa shape index (κ1) is 14.1. The summed E-state index contributed by atoms with van der Waals surface area (Å²) in [4.78, 5) is 11.4. The maximum atomic E-state index is 13.5. The number of methoxy groups -OCH3 is 1. The highest BCUT2D eigenvalue weighted by Gasteiger charge is 2.08. The smallest absolute Gasteiger partial charge is 0.309 e. The van der Waals surface area contributed by atoms with E-state index in [0.717, 1.165) is 11.1 Å². The monoisotopic (exact) mass is 273 g/mol. The molecule has 0 aliphatic carbocycles. The van der Waals surface area contributed by atoms with Crippen molar-refractivity contribution in [2.24, 2.45) is 0 Å². The molecule has 0 bridgehead atoms. The fourth-order valence-corrected chi connectivity index (χ4v) is 1.93. The summed E-state index contributed by atoms with van der Waals surface area (Å²) >= 11 is 0. The SMILES string of the molecule is COC(=O)Cc1ccccc1CNc1ccccc1F. The van der Waals surface area contributed by atoms with Gasteiger partial charge >= 0.3 is 5.97 Å². The summed E-state index contributed by atoms with van der Waals surface area (Å²) in [5.41, 5.74) is 2.27. The minimum absolute atomic E-state index is 0.214. The molecule has 0 radical (unpaired) electrons. The molecule has 0 saturated carbocycles. The van der Waals surface area contributed by atoms with Crippen LogP contribution in [0.1, 0.15) is 11.1 Å². The molecule has 0 spiro atoms. The molecule has 4 heteroatoms. The van der Waals surface area contributed by atoms with E-state index in [1.54, 1.807) is 18.2 Å². The zero-order valence-corrected chi connectivity index (χ0v) is 11.2. The van der Waals surface area contributed by atoms with Crippen LogP contribution < -0.4 is 5.32 Å². The number of esters is 1. The van der Waals surface area contributed by atoms with Crippen LogP contribution in [0.25, 0.3) is 0 Å². The lowest BCUT2D eigenvalue weighted by atomic mass is 10.0. The molecule has 3 nitrogen and oxygen atoms in total. The van der Waals surface area contributed by atoms with E-state index in [0.29, 0.717) is 12.2 Å². The van der Waals surface area contributed by atoms with Crippen LogP contribution in [0.15, 0.2) is 48.5 Å². The van der Waals surface area contributed by atoms with Gasteiger partial charge in [0.2, 0.25) is 0 Å². The number of carbonyl (C=O) groups is 1. The normalized spacial score (nSPS) is 10.1. The number of para-hydroxylation sites is 1. The Morgan fingerprint density at radius 2 is 1.75 bits per heavy atom. The van der Waals surface area contributed by atoms with Crippen LogP contribution in [-0.2, 0) is 22.5 Å². The lowest BCUT2D eigenvalue weighted by Gasteiger charge is -2.11. The van der Waals surface area contributed by atoms with Crippen LogP contribution in [0.3, 0.4) is 0 Å². The van der Waals surface area contributed by atoms with Gasteiger partial charge in [0.25, 0.3) is 0 Å². The molecule has 104 valence electrons. The minimum Gasteiger partial charge on any atom is -0.469 e. The second-order valence-corrected chi connectivity index (χ2v) is 4.36. The van der Waals surface area contributed by atoms with Crippen molar-refractivity contribution in [1.82, 2.24) is 0 Å².